The summed E-state index contributed by atoms with van der Waals surface area (Å²) in [6.07, 6.45) is 1.03. The zero-order chi connectivity index (χ0) is 15.1. The molecule has 1 aromatic rings. The molecule has 0 radical (unpaired) electrons. The third-order valence-electron chi connectivity index (χ3n) is 4.41. The molecule has 2 aliphatic rings. The summed E-state index contributed by atoms with van der Waals surface area (Å²) in [6, 6.07) is 0.444. The Bertz CT molecular complexity index is 550. The van der Waals surface area contributed by atoms with E-state index in [9.17, 15) is 4.79 Å². The van der Waals surface area contributed by atoms with Gasteiger partial charge >= 0.3 is 0 Å². The SMILES string of the molecule is CN1CCCn2nc(C(=O)N3CC(N(C)C)C3)c(Cl)c2C1. The highest BCUT2D eigenvalue weighted by atomic mass is 35.5. The Balaban J connectivity index is 1.78. The normalized spacial score (nSPS) is 20.3. The number of aryl methyl sites for hydroxylation is 1. The van der Waals surface area contributed by atoms with Crippen LogP contribution in [0, 0.1) is 0 Å². The highest BCUT2D eigenvalue weighted by molar-refractivity contribution is 6.34. The summed E-state index contributed by atoms with van der Waals surface area (Å²) in [7, 11) is 6.14. The van der Waals surface area contributed by atoms with Gasteiger partial charge in [-0.25, -0.2) is 0 Å². The highest BCUT2D eigenvalue weighted by Gasteiger charge is 2.35. The predicted molar refractivity (Wildman–Crippen MR) is 81.6 cm³/mol. The Morgan fingerprint density at radius 2 is 2.05 bits per heavy atom. The lowest BCUT2D eigenvalue weighted by atomic mass is 10.1. The van der Waals surface area contributed by atoms with Gasteiger partial charge < -0.3 is 14.7 Å². The third-order valence-corrected chi connectivity index (χ3v) is 4.80. The Morgan fingerprint density at radius 1 is 1.33 bits per heavy atom. The molecule has 1 amide bonds. The van der Waals surface area contributed by atoms with E-state index in [2.05, 4.69) is 21.9 Å². The molecule has 0 aromatic carbocycles. The van der Waals surface area contributed by atoms with E-state index < -0.39 is 0 Å². The number of amides is 1. The summed E-state index contributed by atoms with van der Waals surface area (Å²) in [5.74, 6) is -0.0404. The van der Waals surface area contributed by atoms with Gasteiger partial charge in [-0.1, -0.05) is 11.6 Å². The van der Waals surface area contributed by atoms with Crippen LogP contribution in [0.2, 0.25) is 5.02 Å². The summed E-state index contributed by atoms with van der Waals surface area (Å²) in [5, 5.41) is 5.00. The van der Waals surface area contributed by atoms with Crippen LogP contribution in [0.3, 0.4) is 0 Å². The van der Waals surface area contributed by atoms with Crippen LogP contribution in [0.15, 0.2) is 0 Å². The summed E-state index contributed by atoms with van der Waals surface area (Å²) in [4.78, 5) is 18.7. The molecule has 0 unspecified atom stereocenters. The van der Waals surface area contributed by atoms with Crippen molar-refractivity contribution in [2.45, 2.75) is 25.6 Å². The van der Waals surface area contributed by atoms with Gasteiger partial charge in [-0.05, 0) is 27.6 Å². The van der Waals surface area contributed by atoms with Crippen molar-refractivity contribution < 1.29 is 4.79 Å². The quantitative estimate of drug-likeness (QED) is 0.809. The molecule has 1 fully saturated rings. The van der Waals surface area contributed by atoms with E-state index in [-0.39, 0.29) is 5.91 Å². The zero-order valence-electron chi connectivity index (χ0n) is 12.8. The molecule has 3 rings (SSSR count). The van der Waals surface area contributed by atoms with Crippen LogP contribution in [0.4, 0.5) is 0 Å². The van der Waals surface area contributed by atoms with E-state index in [0.717, 1.165) is 44.8 Å². The van der Waals surface area contributed by atoms with Crippen LogP contribution in [0.1, 0.15) is 22.6 Å². The fourth-order valence-electron chi connectivity index (χ4n) is 2.87. The Labute approximate surface area is 130 Å². The van der Waals surface area contributed by atoms with E-state index in [4.69, 9.17) is 11.6 Å². The molecule has 1 saturated heterocycles. The molecule has 2 aliphatic heterocycles. The minimum Gasteiger partial charge on any atom is -0.334 e. The summed E-state index contributed by atoms with van der Waals surface area (Å²) in [5.41, 5.74) is 1.38. The fraction of sp³-hybridized carbons (Fsp3) is 0.714. The standard InChI is InChI=1S/C14H22ClN5O/c1-17(2)10-7-19(8-10)14(21)13-12(15)11-9-18(3)5-4-6-20(11)16-13/h10H,4-9H2,1-3H3. The van der Waals surface area contributed by atoms with Crippen molar-refractivity contribution in [1.82, 2.24) is 24.5 Å². The second-order valence-corrected chi connectivity index (χ2v) is 6.63. The molecular weight excluding hydrogens is 290 g/mol. The molecule has 0 atom stereocenters. The van der Waals surface area contributed by atoms with E-state index in [1.165, 1.54) is 0 Å². The predicted octanol–water partition coefficient (Wildman–Crippen LogP) is 0.758. The Hall–Kier alpha value is -1.11. The molecule has 3 heterocycles. The van der Waals surface area contributed by atoms with Gasteiger partial charge in [0.2, 0.25) is 0 Å². The lowest BCUT2D eigenvalue weighted by Gasteiger charge is -2.42. The van der Waals surface area contributed by atoms with Gasteiger partial charge in [-0.2, -0.15) is 5.10 Å². The Kier molecular flexibility index (Phi) is 3.94. The smallest absolute Gasteiger partial charge is 0.276 e. The minimum absolute atomic E-state index is 0.0404. The summed E-state index contributed by atoms with van der Waals surface area (Å²) >= 11 is 6.43. The first kappa shape index (κ1) is 14.8. The van der Waals surface area contributed by atoms with Crippen molar-refractivity contribution in [3.05, 3.63) is 16.4 Å². The van der Waals surface area contributed by atoms with E-state index in [1.807, 2.05) is 23.7 Å². The number of hydrogen-bond acceptors (Lipinski definition) is 4. The first-order valence-electron chi connectivity index (χ1n) is 7.36. The van der Waals surface area contributed by atoms with Crippen molar-refractivity contribution in [3.8, 4) is 0 Å². The third kappa shape index (κ3) is 2.67. The molecule has 21 heavy (non-hydrogen) atoms. The van der Waals surface area contributed by atoms with Gasteiger partial charge in [0.25, 0.3) is 5.91 Å². The van der Waals surface area contributed by atoms with Gasteiger partial charge in [0.15, 0.2) is 5.69 Å². The second kappa shape index (κ2) is 5.59. The van der Waals surface area contributed by atoms with Crippen molar-refractivity contribution >= 4 is 17.5 Å². The van der Waals surface area contributed by atoms with Crippen LogP contribution in [-0.4, -0.2) is 77.2 Å². The minimum atomic E-state index is -0.0404. The molecule has 0 bridgehead atoms. The number of fused-ring (bicyclic) bond motifs is 1. The summed E-state index contributed by atoms with van der Waals surface area (Å²) < 4.78 is 1.91. The number of likely N-dealkylation sites (tertiary alicyclic amines) is 1. The average molecular weight is 312 g/mol. The number of rotatable bonds is 2. The molecule has 6 nitrogen and oxygen atoms in total. The van der Waals surface area contributed by atoms with Crippen molar-refractivity contribution in [1.29, 1.82) is 0 Å². The van der Waals surface area contributed by atoms with Gasteiger partial charge in [-0.3, -0.25) is 9.48 Å². The van der Waals surface area contributed by atoms with E-state index >= 15 is 0 Å². The van der Waals surface area contributed by atoms with E-state index in [1.54, 1.807) is 0 Å². The van der Waals surface area contributed by atoms with Crippen LogP contribution in [0.5, 0.6) is 0 Å². The van der Waals surface area contributed by atoms with Crippen molar-refractivity contribution in [2.24, 2.45) is 0 Å². The van der Waals surface area contributed by atoms with Gasteiger partial charge in [0, 0.05) is 38.8 Å². The number of likely N-dealkylation sites (N-methyl/N-ethyl adjacent to an activating group) is 1. The molecule has 116 valence electrons. The van der Waals surface area contributed by atoms with E-state index in [0.29, 0.717) is 16.8 Å². The lowest BCUT2D eigenvalue weighted by molar-refractivity contribution is 0.0393. The largest absolute Gasteiger partial charge is 0.334 e. The lowest BCUT2D eigenvalue weighted by Crippen LogP contribution is -2.59. The van der Waals surface area contributed by atoms with Crippen LogP contribution in [0.25, 0.3) is 0 Å². The van der Waals surface area contributed by atoms with Crippen LogP contribution in [-0.2, 0) is 13.1 Å². The second-order valence-electron chi connectivity index (χ2n) is 6.25. The molecule has 0 spiro atoms. The van der Waals surface area contributed by atoms with Gasteiger partial charge in [0.1, 0.15) is 0 Å². The summed E-state index contributed by atoms with van der Waals surface area (Å²) in [6.45, 7) is 4.11. The monoisotopic (exact) mass is 311 g/mol. The number of hydrogen-bond donors (Lipinski definition) is 0. The highest BCUT2D eigenvalue weighted by Crippen LogP contribution is 2.27. The topological polar surface area (TPSA) is 44.6 Å². The van der Waals surface area contributed by atoms with Gasteiger partial charge in [0.05, 0.1) is 10.7 Å². The van der Waals surface area contributed by atoms with Gasteiger partial charge in [-0.15, -0.1) is 0 Å². The number of aromatic nitrogens is 2. The van der Waals surface area contributed by atoms with Crippen LogP contribution >= 0.6 is 11.6 Å². The fourth-order valence-corrected chi connectivity index (χ4v) is 3.15. The number of carbonyl (C=O) groups excluding carboxylic acids is 1. The van der Waals surface area contributed by atoms with Crippen molar-refractivity contribution in [3.63, 3.8) is 0 Å². The van der Waals surface area contributed by atoms with Crippen LogP contribution < -0.4 is 0 Å². The maximum atomic E-state index is 12.5. The van der Waals surface area contributed by atoms with Crippen molar-refractivity contribution in [2.75, 3.05) is 40.8 Å². The maximum Gasteiger partial charge on any atom is 0.276 e. The molecule has 0 aliphatic carbocycles. The molecule has 0 saturated carbocycles. The molecule has 0 N–H and O–H groups in total. The number of carbonyl (C=O) groups is 1. The number of halogens is 1. The molecular formula is C14H22ClN5O. The molecule has 7 heteroatoms. The average Bonchev–Trinajstić information content (AvgIpc) is 2.54. The Morgan fingerprint density at radius 3 is 2.71 bits per heavy atom. The first-order valence-corrected chi connectivity index (χ1v) is 7.74. The molecule has 1 aromatic heterocycles. The first-order chi connectivity index (χ1) is 9.97. The maximum absolute atomic E-state index is 12.5. The zero-order valence-corrected chi connectivity index (χ0v) is 13.6. The number of nitrogens with zero attached hydrogens (tertiary/aromatic N) is 5.